The van der Waals surface area contributed by atoms with Gasteiger partial charge in [0.25, 0.3) is 15.9 Å². The maximum absolute atomic E-state index is 13.0. The summed E-state index contributed by atoms with van der Waals surface area (Å²) < 4.78 is 51.2. The molecule has 1 aliphatic heterocycles. The van der Waals surface area contributed by atoms with Gasteiger partial charge >= 0.3 is 0 Å². The lowest BCUT2D eigenvalue weighted by Gasteiger charge is -2.22. The molecule has 1 atom stereocenters. The van der Waals surface area contributed by atoms with Crippen LogP contribution in [0.25, 0.3) is 0 Å². The molecule has 3 rings (SSSR count). The summed E-state index contributed by atoms with van der Waals surface area (Å²) >= 11 is 0. The summed E-state index contributed by atoms with van der Waals surface area (Å²) in [6.45, 7) is 1.67. The van der Waals surface area contributed by atoms with Crippen molar-refractivity contribution in [2.75, 3.05) is 24.5 Å². The van der Waals surface area contributed by atoms with E-state index in [1.165, 1.54) is 48.5 Å². The Hall–Kier alpha value is -2.49. The zero-order chi connectivity index (χ0) is 21.4. The number of benzene rings is 2. The highest BCUT2D eigenvalue weighted by Crippen LogP contribution is 2.17. The first-order chi connectivity index (χ1) is 14.4. The Kier molecular flexibility index (Phi) is 7.78. The first-order valence-electron chi connectivity index (χ1n) is 9.84. The third-order valence-corrected chi connectivity index (χ3v) is 5.97. The summed E-state index contributed by atoms with van der Waals surface area (Å²) in [7, 11) is -3.84. The van der Waals surface area contributed by atoms with Gasteiger partial charge in [0.05, 0.1) is 11.5 Å². The number of amides is 1. The minimum Gasteiger partial charge on any atom is -0.353 e. The van der Waals surface area contributed by atoms with Crippen LogP contribution in [0.1, 0.15) is 36.0 Å². The summed E-state index contributed by atoms with van der Waals surface area (Å²) in [5.74, 6) is -0.749. The van der Waals surface area contributed by atoms with E-state index in [0.29, 0.717) is 25.1 Å². The first-order valence-corrected chi connectivity index (χ1v) is 11.3. The topological polar surface area (TPSA) is 93.7 Å². The van der Waals surface area contributed by atoms with E-state index >= 15 is 0 Å². The molecule has 30 heavy (non-hydrogen) atoms. The Morgan fingerprint density at radius 1 is 1.10 bits per heavy atom. The fourth-order valence-corrected chi connectivity index (χ4v) is 4.01. The van der Waals surface area contributed by atoms with Crippen LogP contribution < -0.4 is 10.0 Å². The van der Waals surface area contributed by atoms with Crippen LogP contribution in [-0.2, 0) is 19.5 Å². The standard InChI is InChI=1S/C21H25FN2O5S/c22-17-7-9-18(10-8-17)24-30(26,27)19-11-5-16(6-12-19)21(25)23-13-3-15-29-20-4-1-2-14-28-20/h5-12,20,24H,1-4,13-15H2,(H,23,25)/t20-/m0/s1. The Morgan fingerprint density at radius 3 is 2.50 bits per heavy atom. The molecule has 1 saturated heterocycles. The van der Waals surface area contributed by atoms with Crippen LogP contribution in [0.5, 0.6) is 0 Å². The van der Waals surface area contributed by atoms with Gasteiger partial charge < -0.3 is 14.8 Å². The largest absolute Gasteiger partial charge is 0.353 e. The number of nitrogens with one attached hydrogen (secondary N) is 2. The third kappa shape index (κ3) is 6.51. The molecule has 2 N–H and O–H groups in total. The summed E-state index contributed by atoms with van der Waals surface area (Å²) in [6, 6.07) is 10.6. The van der Waals surface area contributed by atoms with Gasteiger partial charge in [-0.15, -0.1) is 0 Å². The lowest BCUT2D eigenvalue weighted by atomic mass is 10.2. The van der Waals surface area contributed by atoms with Crippen molar-refractivity contribution in [3.63, 3.8) is 0 Å². The molecule has 0 saturated carbocycles. The van der Waals surface area contributed by atoms with Gasteiger partial charge in [0.1, 0.15) is 5.82 Å². The molecule has 0 bridgehead atoms. The van der Waals surface area contributed by atoms with E-state index in [-0.39, 0.29) is 22.8 Å². The van der Waals surface area contributed by atoms with Gasteiger partial charge in [-0.25, -0.2) is 12.8 Å². The van der Waals surface area contributed by atoms with Crippen molar-refractivity contribution < 1.29 is 27.1 Å². The molecule has 0 unspecified atom stereocenters. The number of carbonyl (C=O) groups excluding carboxylic acids is 1. The fourth-order valence-electron chi connectivity index (χ4n) is 2.95. The van der Waals surface area contributed by atoms with Crippen LogP contribution in [0.4, 0.5) is 10.1 Å². The Morgan fingerprint density at radius 2 is 1.83 bits per heavy atom. The number of halogens is 1. The van der Waals surface area contributed by atoms with Crippen LogP contribution in [0.2, 0.25) is 0 Å². The van der Waals surface area contributed by atoms with Crippen molar-refractivity contribution in [1.82, 2.24) is 5.32 Å². The highest BCUT2D eigenvalue weighted by atomic mass is 32.2. The normalized spacial score (nSPS) is 16.8. The predicted molar refractivity (Wildman–Crippen MR) is 110 cm³/mol. The van der Waals surface area contributed by atoms with Crippen molar-refractivity contribution >= 4 is 21.6 Å². The van der Waals surface area contributed by atoms with Crippen LogP contribution >= 0.6 is 0 Å². The SMILES string of the molecule is O=C(NCCCO[C@H]1CCCCO1)c1ccc(S(=O)(=O)Nc2ccc(F)cc2)cc1. The van der Waals surface area contributed by atoms with Gasteiger partial charge in [0.15, 0.2) is 6.29 Å². The Bertz CT molecular complexity index is 927. The molecule has 1 aliphatic rings. The number of anilines is 1. The average Bonchev–Trinajstić information content (AvgIpc) is 2.76. The van der Waals surface area contributed by atoms with E-state index in [1.807, 2.05) is 0 Å². The van der Waals surface area contributed by atoms with Gasteiger partial charge in [-0.2, -0.15) is 0 Å². The molecule has 0 radical (unpaired) electrons. The van der Waals surface area contributed by atoms with E-state index in [4.69, 9.17) is 9.47 Å². The van der Waals surface area contributed by atoms with E-state index in [9.17, 15) is 17.6 Å². The van der Waals surface area contributed by atoms with Crippen molar-refractivity contribution in [2.45, 2.75) is 36.9 Å². The zero-order valence-corrected chi connectivity index (χ0v) is 17.3. The molecule has 2 aromatic rings. The number of hydrogen-bond acceptors (Lipinski definition) is 5. The second-order valence-electron chi connectivity index (χ2n) is 6.91. The van der Waals surface area contributed by atoms with Crippen LogP contribution in [-0.4, -0.2) is 40.4 Å². The molecule has 1 amide bonds. The number of hydrogen-bond donors (Lipinski definition) is 2. The smallest absolute Gasteiger partial charge is 0.261 e. The van der Waals surface area contributed by atoms with Gasteiger partial charge in [0, 0.05) is 24.4 Å². The quantitative estimate of drug-likeness (QED) is 0.589. The first kappa shape index (κ1) is 22.2. The number of sulfonamides is 1. The van der Waals surface area contributed by atoms with E-state index in [1.54, 1.807) is 0 Å². The lowest BCUT2D eigenvalue weighted by molar-refractivity contribution is -0.162. The van der Waals surface area contributed by atoms with Crippen molar-refractivity contribution in [2.24, 2.45) is 0 Å². The van der Waals surface area contributed by atoms with Gasteiger partial charge in [0.2, 0.25) is 0 Å². The van der Waals surface area contributed by atoms with Gasteiger partial charge in [-0.1, -0.05) is 0 Å². The van der Waals surface area contributed by atoms with Crippen LogP contribution in [0.15, 0.2) is 53.4 Å². The summed E-state index contributed by atoms with van der Waals surface area (Å²) in [5.41, 5.74) is 0.603. The maximum atomic E-state index is 13.0. The number of ether oxygens (including phenoxy) is 2. The monoisotopic (exact) mass is 436 g/mol. The summed E-state index contributed by atoms with van der Waals surface area (Å²) in [4.78, 5) is 12.2. The van der Waals surface area contributed by atoms with Crippen molar-refractivity contribution in [3.8, 4) is 0 Å². The molecule has 0 aliphatic carbocycles. The molecule has 2 aromatic carbocycles. The van der Waals surface area contributed by atoms with Crippen molar-refractivity contribution in [3.05, 3.63) is 59.9 Å². The minimum atomic E-state index is -3.84. The minimum absolute atomic E-state index is 0.00394. The molecule has 0 aromatic heterocycles. The molecule has 7 nitrogen and oxygen atoms in total. The molecule has 9 heteroatoms. The van der Waals surface area contributed by atoms with Crippen molar-refractivity contribution in [1.29, 1.82) is 0 Å². The highest BCUT2D eigenvalue weighted by Gasteiger charge is 2.16. The zero-order valence-electron chi connectivity index (χ0n) is 16.5. The van der Waals surface area contributed by atoms with E-state index in [2.05, 4.69) is 10.0 Å². The lowest BCUT2D eigenvalue weighted by Crippen LogP contribution is -2.27. The number of rotatable bonds is 9. The molecule has 1 heterocycles. The molecule has 162 valence electrons. The van der Waals surface area contributed by atoms with Gasteiger partial charge in [-0.3, -0.25) is 9.52 Å². The van der Waals surface area contributed by atoms with Gasteiger partial charge in [-0.05, 0) is 74.2 Å². The van der Waals surface area contributed by atoms with E-state index < -0.39 is 15.8 Å². The average molecular weight is 437 g/mol. The second-order valence-corrected chi connectivity index (χ2v) is 8.60. The summed E-state index contributed by atoms with van der Waals surface area (Å²) in [6.07, 6.45) is 3.58. The third-order valence-electron chi connectivity index (χ3n) is 4.57. The molecule has 1 fully saturated rings. The molecule has 0 spiro atoms. The van der Waals surface area contributed by atoms with Crippen LogP contribution in [0, 0.1) is 5.82 Å². The summed E-state index contributed by atoms with van der Waals surface area (Å²) in [5, 5.41) is 2.78. The highest BCUT2D eigenvalue weighted by molar-refractivity contribution is 7.92. The Balaban J connectivity index is 1.45. The molecular weight excluding hydrogens is 411 g/mol. The van der Waals surface area contributed by atoms with Crippen LogP contribution in [0.3, 0.4) is 0 Å². The number of carbonyl (C=O) groups is 1. The second kappa shape index (κ2) is 10.5. The fraction of sp³-hybridized carbons (Fsp3) is 0.381. The maximum Gasteiger partial charge on any atom is 0.261 e. The Labute approximate surface area is 175 Å². The predicted octanol–water partition coefficient (Wildman–Crippen LogP) is 3.29. The van der Waals surface area contributed by atoms with E-state index in [0.717, 1.165) is 25.9 Å². The molecular formula is C21H25FN2O5S.